The van der Waals surface area contributed by atoms with Gasteiger partial charge in [0, 0.05) is 22.2 Å². The number of anilines is 1. The molecule has 1 heterocycles. The van der Waals surface area contributed by atoms with Gasteiger partial charge in [-0.1, -0.05) is 28.8 Å². The Labute approximate surface area is 151 Å². The van der Waals surface area contributed by atoms with Crippen LogP contribution in [0.1, 0.15) is 32.1 Å². The number of carbonyl (C=O) groups is 1. The van der Waals surface area contributed by atoms with E-state index in [9.17, 15) is 13.2 Å². The molecule has 1 aromatic carbocycles. The SMILES string of the molecule is O=C(CNc1ccc(Br)cc1)N(C1CCCC1)[C@H]1CCS(=O)(=O)C1. The molecule has 1 saturated carbocycles. The minimum atomic E-state index is -2.99. The normalized spacial score (nSPS) is 23.3. The Bertz CT molecular complexity index is 684. The quantitative estimate of drug-likeness (QED) is 0.803. The first kappa shape index (κ1) is 17.7. The van der Waals surface area contributed by atoms with E-state index in [-0.39, 0.29) is 36.0 Å². The largest absolute Gasteiger partial charge is 0.376 e. The lowest BCUT2D eigenvalue weighted by molar-refractivity contribution is -0.133. The molecule has 24 heavy (non-hydrogen) atoms. The zero-order valence-corrected chi connectivity index (χ0v) is 16.0. The highest BCUT2D eigenvalue weighted by Gasteiger charge is 2.38. The fourth-order valence-electron chi connectivity index (χ4n) is 3.72. The van der Waals surface area contributed by atoms with Gasteiger partial charge in [-0.25, -0.2) is 8.42 Å². The molecule has 2 fully saturated rings. The van der Waals surface area contributed by atoms with Gasteiger partial charge in [0.05, 0.1) is 18.1 Å². The van der Waals surface area contributed by atoms with Crippen molar-refractivity contribution in [2.24, 2.45) is 0 Å². The molecule has 132 valence electrons. The average Bonchev–Trinajstić information content (AvgIpc) is 3.17. The molecule has 1 aromatic rings. The third-order valence-electron chi connectivity index (χ3n) is 4.90. The van der Waals surface area contributed by atoms with Crippen molar-refractivity contribution in [3.63, 3.8) is 0 Å². The third-order valence-corrected chi connectivity index (χ3v) is 7.17. The van der Waals surface area contributed by atoms with Crippen molar-refractivity contribution in [3.8, 4) is 0 Å². The molecule has 3 rings (SSSR count). The highest BCUT2D eigenvalue weighted by atomic mass is 79.9. The van der Waals surface area contributed by atoms with E-state index in [1.54, 1.807) is 0 Å². The fraction of sp³-hybridized carbons (Fsp3) is 0.588. The summed E-state index contributed by atoms with van der Waals surface area (Å²) in [6.45, 7) is 0.203. The van der Waals surface area contributed by atoms with Crippen LogP contribution in [0.15, 0.2) is 28.7 Å². The van der Waals surface area contributed by atoms with Crippen LogP contribution < -0.4 is 5.32 Å². The summed E-state index contributed by atoms with van der Waals surface area (Å²) in [7, 11) is -2.99. The number of rotatable bonds is 5. The van der Waals surface area contributed by atoms with Crippen molar-refractivity contribution in [1.29, 1.82) is 0 Å². The molecule has 0 bridgehead atoms. The summed E-state index contributed by atoms with van der Waals surface area (Å²) in [4.78, 5) is 14.7. The van der Waals surface area contributed by atoms with E-state index in [1.165, 1.54) is 0 Å². The lowest BCUT2D eigenvalue weighted by Gasteiger charge is -2.34. The molecule has 7 heteroatoms. The van der Waals surface area contributed by atoms with Crippen LogP contribution in [0, 0.1) is 0 Å². The third kappa shape index (κ3) is 4.30. The minimum Gasteiger partial charge on any atom is -0.376 e. The fourth-order valence-corrected chi connectivity index (χ4v) is 5.70. The van der Waals surface area contributed by atoms with E-state index < -0.39 is 9.84 Å². The summed E-state index contributed by atoms with van der Waals surface area (Å²) in [6.07, 6.45) is 4.78. The second kappa shape index (κ2) is 7.44. The van der Waals surface area contributed by atoms with Crippen LogP contribution in [0.4, 0.5) is 5.69 Å². The summed E-state index contributed by atoms with van der Waals surface area (Å²) >= 11 is 3.39. The Kier molecular flexibility index (Phi) is 5.49. The summed E-state index contributed by atoms with van der Waals surface area (Å²) in [5.41, 5.74) is 0.886. The second-order valence-corrected chi connectivity index (χ2v) is 9.80. The monoisotopic (exact) mass is 414 g/mol. The van der Waals surface area contributed by atoms with Gasteiger partial charge in [-0.05, 0) is 43.5 Å². The zero-order chi connectivity index (χ0) is 17.2. The number of hydrogen-bond acceptors (Lipinski definition) is 4. The van der Waals surface area contributed by atoms with E-state index in [2.05, 4.69) is 21.2 Å². The van der Waals surface area contributed by atoms with Gasteiger partial charge in [-0.2, -0.15) is 0 Å². The first-order chi connectivity index (χ1) is 11.4. The molecule has 1 atom stereocenters. The van der Waals surface area contributed by atoms with Crippen molar-refractivity contribution < 1.29 is 13.2 Å². The van der Waals surface area contributed by atoms with E-state index in [4.69, 9.17) is 0 Å². The van der Waals surface area contributed by atoms with Crippen molar-refractivity contribution in [2.75, 3.05) is 23.4 Å². The molecule has 0 unspecified atom stereocenters. The summed E-state index contributed by atoms with van der Waals surface area (Å²) in [6, 6.07) is 7.71. The van der Waals surface area contributed by atoms with Crippen LogP contribution >= 0.6 is 15.9 Å². The van der Waals surface area contributed by atoms with Gasteiger partial charge < -0.3 is 10.2 Å². The summed E-state index contributed by atoms with van der Waals surface area (Å²) in [5, 5.41) is 3.16. The smallest absolute Gasteiger partial charge is 0.242 e. The molecule has 1 amide bonds. The van der Waals surface area contributed by atoms with Gasteiger partial charge in [0.2, 0.25) is 5.91 Å². The van der Waals surface area contributed by atoms with E-state index in [0.29, 0.717) is 6.42 Å². The predicted octanol–water partition coefficient (Wildman–Crippen LogP) is 2.82. The lowest BCUT2D eigenvalue weighted by Crippen LogP contribution is -2.49. The highest BCUT2D eigenvalue weighted by Crippen LogP contribution is 2.29. The molecule has 1 N–H and O–H groups in total. The van der Waals surface area contributed by atoms with Crippen molar-refractivity contribution in [2.45, 2.75) is 44.2 Å². The number of benzene rings is 1. The van der Waals surface area contributed by atoms with Crippen LogP contribution in [0.25, 0.3) is 0 Å². The van der Waals surface area contributed by atoms with E-state index in [1.807, 2.05) is 29.2 Å². The summed E-state index contributed by atoms with van der Waals surface area (Å²) in [5.74, 6) is 0.328. The summed E-state index contributed by atoms with van der Waals surface area (Å²) < 4.78 is 24.7. The zero-order valence-electron chi connectivity index (χ0n) is 13.6. The van der Waals surface area contributed by atoms with Gasteiger partial charge in [-0.3, -0.25) is 4.79 Å². The molecule has 0 aromatic heterocycles. The van der Waals surface area contributed by atoms with Crippen molar-refractivity contribution in [1.82, 2.24) is 4.90 Å². The number of halogens is 1. The maximum Gasteiger partial charge on any atom is 0.242 e. The molecule has 1 saturated heterocycles. The first-order valence-electron chi connectivity index (χ1n) is 8.46. The Balaban J connectivity index is 1.67. The predicted molar refractivity (Wildman–Crippen MR) is 98.8 cm³/mol. The van der Waals surface area contributed by atoms with Gasteiger partial charge in [0.1, 0.15) is 0 Å². The van der Waals surface area contributed by atoms with E-state index in [0.717, 1.165) is 35.8 Å². The van der Waals surface area contributed by atoms with Crippen molar-refractivity contribution >= 4 is 37.4 Å². The number of nitrogens with one attached hydrogen (secondary N) is 1. The number of amides is 1. The Morgan fingerprint density at radius 3 is 2.38 bits per heavy atom. The average molecular weight is 415 g/mol. The lowest BCUT2D eigenvalue weighted by atomic mass is 10.1. The molecule has 0 radical (unpaired) electrons. The van der Waals surface area contributed by atoms with Gasteiger partial charge in [0.15, 0.2) is 9.84 Å². The van der Waals surface area contributed by atoms with Crippen LogP contribution in [-0.2, 0) is 14.6 Å². The van der Waals surface area contributed by atoms with Gasteiger partial charge in [-0.15, -0.1) is 0 Å². The standard InChI is InChI=1S/C17H23BrN2O3S/c18-13-5-7-14(8-6-13)19-11-17(21)20(15-3-1-2-4-15)16-9-10-24(22,23)12-16/h5-8,15-16,19H,1-4,9-12H2/t16-/m0/s1. The molecular formula is C17H23BrN2O3S. The number of sulfone groups is 1. The first-order valence-corrected chi connectivity index (χ1v) is 11.1. The Morgan fingerprint density at radius 1 is 1.12 bits per heavy atom. The second-order valence-electron chi connectivity index (χ2n) is 6.66. The number of nitrogens with zero attached hydrogens (tertiary/aromatic N) is 1. The van der Waals surface area contributed by atoms with Crippen molar-refractivity contribution in [3.05, 3.63) is 28.7 Å². The maximum absolute atomic E-state index is 12.8. The van der Waals surface area contributed by atoms with E-state index >= 15 is 0 Å². The molecule has 1 aliphatic carbocycles. The highest BCUT2D eigenvalue weighted by molar-refractivity contribution is 9.10. The number of hydrogen-bond donors (Lipinski definition) is 1. The molecule has 5 nitrogen and oxygen atoms in total. The maximum atomic E-state index is 12.8. The van der Waals surface area contributed by atoms with Crippen LogP contribution in [0.5, 0.6) is 0 Å². The molecule has 0 spiro atoms. The minimum absolute atomic E-state index is 0.00641. The van der Waals surface area contributed by atoms with Gasteiger partial charge in [0.25, 0.3) is 0 Å². The Morgan fingerprint density at radius 2 is 1.79 bits per heavy atom. The Hall–Kier alpha value is -1.08. The van der Waals surface area contributed by atoms with Gasteiger partial charge >= 0.3 is 0 Å². The topological polar surface area (TPSA) is 66.5 Å². The molecule has 1 aliphatic heterocycles. The van der Waals surface area contributed by atoms with Crippen LogP contribution in [-0.4, -0.2) is 49.4 Å². The van der Waals surface area contributed by atoms with Crippen LogP contribution in [0.2, 0.25) is 0 Å². The van der Waals surface area contributed by atoms with Crippen LogP contribution in [0.3, 0.4) is 0 Å². The number of carbonyl (C=O) groups excluding carboxylic acids is 1. The molecular weight excluding hydrogens is 392 g/mol. The molecule has 2 aliphatic rings.